The van der Waals surface area contributed by atoms with Crippen LogP contribution in [0.1, 0.15) is 19.5 Å². The number of ether oxygens (including phenoxy) is 1. The molecule has 1 heterocycles. The molecule has 14 heavy (non-hydrogen) atoms. The Kier molecular flexibility index (Phi) is 4.00. The summed E-state index contributed by atoms with van der Waals surface area (Å²) in [7, 11) is 1.39. The van der Waals surface area contributed by atoms with Gasteiger partial charge in [-0.15, -0.1) is 0 Å². The van der Waals surface area contributed by atoms with Crippen LogP contribution in [0, 0.1) is 0 Å². The molecule has 5 heteroatoms. The van der Waals surface area contributed by atoms with E-state index >= 15 is 0 Å². The molecule has 0 aliphatic heterocycles. The number of thioether (sulfide) groups is 1. The van der Waals surface area contributed by atoms with Gasteiger partial charge in [0.15, 0.2) is 5.16 Å². The average molecular weight is 214 g/mol. The molecule has 1 N–H and O–H groups in total. The molecule has 0 bridgehead atoms. The van der Waals surface area contributed by atoms with Gasteiger partial charge in [0.25, 0.3) is 0 Å². The van der Waals surface area contributed by atoms with Crippen LogP contribution in [0.15, 0.2) is 11.4 Å². The molecular formula is C9H14N2O2S. The minimum atomic E-state index is -0.232. The summed E-state index contributed by atoms with van der Waals surface area (Å²) in [6, 6.07) is 0. The Morgan fingerprint density at radius 3 is 3.00 bits per heavy atom. The van der Waals surface area contributed by atoms with Gasteiger partial charge in [0, 0.05) is 11.9 Å². The minimum Gasteiger partial charge on any atom is -0.468 e. The van der Waals surface area contributed by atoms with Gasteiger partial charge < -0.3 is 9.72 Å². The molecule has 4 nitrogen and oxygen atoms in total. The summed E-state index contributed by atoms with van der Waals surface area (Å²) in [5.41, 5.74) is 1.07. The maximum atomic E-state index is 11.1. The Morgan fingerprint density at radius 1 is 1.79 bits per heavy atom. The number of H-pyrrole nitrogens is 1. The summed E-state index contributed by atoms with van der Waals surface area (Å²) in [4.78, 5) is 18.4. The zero-order valence-corrected chi connectivity index (χ0v) is 9.35. The van der Waals surface area contributed by atoms with Crippen molar-refractivity contribution >= 4 is 17.7 Å². The average Bonchev–Trinajstić information content (AvgIpc) is 2.64. The molecule has 0 saturated carbocycles. The quantitative estimate of drug-likeness (QED) is 0.611. The van der Waals surface area contributed by atoms with Crippen LogP contribution < -0.4 is 0 Å². The molecule has 0 radical (unpaired) electrons. The Balaban J connectivity index is 2.55. The van der Waals surface area contributed by atoms with Gasteiger partial charge in [-0.2, -0.15) is 0 Å². The molecule has 0 fully saturated rings. The lowest BCUT2D eigenvalue weighted by atomic mass is 10.4. The fourth-order valence-corrected chi connectivity index (χ4v) is 1.79. The number of imidazole rings is 1. The Labute approximate surface area is 87.4 Å². The molecule has 0 amide bonds. The van der Waals surface area contributed by atoms with Crippen molar-refractivity contribution in [2.24, 2.45) is 0 Å². The first-order valence-electron chi connectivity index (χ1n) is 4.45. The number of aromatic amines is 1. The van der Waals surface area contributed by atoms with Crippen LogP contribution in [0.4, 0.5) is 0 Å². The SMILES string of the molecule is CCc1cnc(S[C@@H](C)C(=O)OC)[nH]1. The van der Waals surface area contributed by atoms with Crippen molar-refractivity contribution in [2.45, 2.75) is 30.7 Å². The monoisotopic (exact) mass is 214 g/mol. The van der Waals surface area contributed by atoms with E-state index in [1.165, 1.54) is 18.9 Å². The molecule has 1 rings (SSSR count). The largest absolute Gasteiger partial charge is 0.468 e. The highest BCUT2D eigenvalue weighted by molar-refractivity contribution is 8.00. The van der Waals surface area contributed by atoms with E-state index in [4.69, 9.17) is 0 Å². The van der Waals surface area contributed by atoms with Crippen molar-refractivity contribution in [3.05, 3.63) is 11.9 Å². The predicted octanol–water partition coefficient (Wildman–Crippen LogP) is 1.63. The van der Waals surface area contributed by atoms with Gasteiger partial charge in [-0.25, -0.2) is 4.98 Å². The summed E-state index contributed by atoms with van der Waals surface area (Å²) >= 11 is 1.37. The van der Waals surface area contributed by atoms with E-state index < -0.39 is 0 Å². The lowest BCUT2D eigenvalue weighted by Crippen LogP contribution is -2.14. The highest BCUT2D eigenvalue weighted by atomic mass is 32.2. The van der Waals surface area contributed by atoms with Gasteiger partial charge in [0.2, 0.25) is 0 Å². The number of carbonyl (C=O) groups is 1. The van der Waals surface area contributed by atoms with Crippen molar-refractivity contribution < 1.29 is 9.53 Å². The third kappa shape index (κ3) is 2.77. The topological polar surface area (TPSA) is 55.0 Å². The summed E-state index contributed by atoms with van der Waals surface area (Å²) in [5, 5.41) is 0.538. The van der Waals surface area contributed by atoms with Crippen LogP contribution in [0.5, 0.6) is 0 Å². The van der Waals surface area contributed by atoms with Crippen LogP contribution >= 0.6 is 11.8 Å². The number of esters is 1. The highest BCUT2D eigenvalue weighted by Gasteiger charge is 2.15. The first-order valence-corrected chi connectivity index (χ1v) is 5.33. The van der Waals surface area contributed by atoms with Gasteiger partial charge >= 0.3 is 5.97 Å². The summed E-state index contributed by atoms with van der Waals surface area (Å²) < 4.78 is 4.62. The van der Waals surface area contributed by atoms with Gasteiger partial charge in [-0.1, -0.05) is 18.7 Å². The number of carbonyl (C=O) groups excluding carboxylic acids is 1. The fourth-order valence-electron chi connectivity index (χ4n) is 0.960. The zero-order chi connectivity index (χ0) is 10.6. The van der Waals surface area contributed by atoms with Crippen molar-refractivity contribution in [3.8, 4) is 0 Å². The minimum absolute atomic E-state index is 0.226. The van der Waals surface area contributed by atoms with Gasteiger partial charge in [-0.05, 0) is 13.3 Å². The van der Waals surface area contributed by atoms with Crippen molar-refractivity contribution in [3.63, 3.8) is 0 Å². The van der Waals surface area contributed by atoms with Crippen molar-refractivity contribution in [1.82, 2.24) is 9.97 Å². The number of rotatable bonds is 4. The molecule has 0 unspecified atom stereocenters. The molecule has 1 aromatic rings. The van der Waals surface area contributed by atoms with Crippen LogP contribution in [0.25, 0.3) is 0 Å². The lowest BCUT2D eigenvalue weighted by Gasteiger charge is -2.05. The molecule has 0 aliphatic carbocycles. The summed E-state index contributed by atoms with van der Waals surface area (Å²) in [6.07, 6.45) is 2.70. The lowest BCUT2D eigenvalue weighted by molar-refractivity contribution is -0.139. The second kappa shape index (κ2) is 5.05. The molecular weight excluding hydrogens is 200 g/mol. The third-order valence-electron chi connectivity index (χ3n) is 1.81. The molecule has 0 aliphatic rings. The molecule has 1 aromatic heterocycles. The number of nitrogens with one attached hydrogen (secondary N) is 1. The van der Waals surface area contributed by atoms with E-state index in [1.54, 1.807) is 13.1 Å². The number of nitrogens with zero attached hydrogens (tertiary/aromatic N) is 1. The number of methoxy groups -OCH3 is 1. The van der Waals surface area contributed by atoms with Crippen molar-refractivity contribution in [1.29, 1.82) is 0 Å². The van der Waals surface area contributed by atoms with Gasteiger partial charge in [-0.3, -0.25) is 4.79 Å². The number of aromatic nitrogens is 2. The van der Waals surface area contributed by atoms with E-state index in [1.807, 2.05) is 6.92 Å². The second-order valence-electron chi connectivity index (χ2n) is 2.85. The maximum Gasteiger partial charge on any atom is 0.318 e. The Morgan fingerprint density at radius 2 is 2.50 bits per heavy atom. The van der Waals surface area contributed by atoms with E-state index in [0.717, 1.165) is 17.3 Å². The molecule has 0 saturated heterocycles. The third-order valence-corrected chi connectivity index (χ3v) is 2.78. The summed E-state index contributed by atoms with van der Waals surface area (Å²) in [5.74, 6) is -0.232. The van der Waals surface area contributed by atoms with E-state index in [0.29, 0.717) is 0 Å². The van der Waals surface area contributed by atoms with Crippen LogP contribution in [0.2, 0.25) is 0 Å². The van der Waals surface area contributed by atoms with Crippen LogP contribution in [0.3, 0.4) is 0 Å². The first kappa shape index (κ1) is 11.1. The smallest absolute Gasteiger partial charge is 0.318 e. The molecule has 78 valence electrons. The molecule has 1 atom stereocenters. The van der Waals surface area contributed by atoms with Crippen LogP contribution in [-0.4, -0.2) is 28.3 Å². The summed E-state index contributed by atoms with van der Waals surface area (Å²) in [6.45, 7) is 3.84. The van der Waals surface area contributed by atoms with E-state index in [2.05, 4.69) is 14.7 Å². The number of hydrogen-bond donors (Lipinski definition) is 1. The molecule has 0 aromatic carbocycles. The van der Waals surface area contributed by atoms with E-state index in [9.17, 15) is 4.79 Å². The number of aryl methyl sites for hydroxylation is 1. The second-order valence-corrected chi connectivity index (χ2v) is 4.18. The molecule has 0 spiro atoms. The normalized spacial score (nSPS) is 12.5. The van der Waals surface area contributed by atoms with E-state index in [-0.39, 0.29) is 11.2 Å². The maximum absolute atomic E-state index is 11.1. The zero-order valence-electron chi connectivity index (χ0n) is 8.53. The van der Waals surface area contributed by atoms with Crippen LogP contribution in [-0.2, 0) is 16.0 Å². The first-order chi connectivity index (χ1) is 6.67. The van der Waals surface area contributed by atoms with Gasteiger partial charge in [0.1, 0.15) is 5.25 Å². The predicted molar refractivity (Wildman–Crippen MR) is 55.3 cm³/mol. The van der Waals surface area contributed by atoms with Crippen molar-refractivity contribution in [2.75, 3.05) is 7.11 Å². The Hall–Kier alpha value is -0.970. The Bertz CT molecular complexity index is 312. The highest BCUT2D eigenvalue weighted by Crippen LogP contribution is 2.20. The van der Waals surface area contributed by atoms with Gasteiger partial charge in [0.05, 0.1) is 7.11 Å². The standard InChI is InChI=1S/C9H14N2O2S/c1-4-7-5-10-9(11-7)14-6(2)8(12)13-3/h5-6H,4H2,1-3H3,(H,10,11)/t6-/m0/s1. The fraction of sp³-hybridized carbons (Fsp3) is 0.556. The number of hydrogen-bond acceptors (Lipinski definition) is 4.